The third-order valence-corrected chi connectivity index (χ3v) is 5.20. The van der Waals surface area contributed by atoms with E-state index in [1.54, 1.807) is 17.0 Å². The molecule has 0 bridgehead atoms. The largest absolute Gasteiger partial charge is 0.495 e. The summed E-state index contributed by atoms with van der Waals surface area (Å²) >= 11 is 3.40. The van der Waals surface area contributed by atoms with Crippen LogP contribution in [-0.4, -0.2) is 55.9 Å². The Morgan fingerprint density at radius 2 is 1.71 bits per heavy atom. The first-order valence-corrected chi connectivity index (χ1v) is 10.1. The lowest BCUT2D eigenvalue weighted by Crippen LogP contribution is -2.39. The van der Waals surface area contributed by atoms with Gasteiger partial charge in [0.05, 0.1) is 14.2 Å². The second-order valence-corrected chi connectivity index (χ2v) is 8.56. The van der Waals surface area contributed by atoms with Crippen LogP contribution in [0, 0.1) is 0 Å². The first-order valence-electron chi connectivity index (χ1n) is 9.35. The van der Waals surface area contributed by atoms with Crippen molar-refractivity contribution in [3.05, 3.63) is 22.2 Å². The molecule has 7 nitrogen and oxygen atoms in total. The lowest BCUT2D eigenvalue weighted by molar-refractivity contribution is 0.0256. The molecule has 156 valence electrons. The summed E-state index contributed by atoms with van der Waals surface area (Å²) < 4.78 is 16.7. The fraction of sp³-hybridized carbons (Fsp3) is 0.600. The van der Waals surface area contributed by atoms with Gasteiger partial charge in [-0.15, -0.1) is 0 Å². The normalized spacial score (nSPS) is 17.5. The molecule has 0 spiro atoms. The van der Waals surface area contributed by atoms with Crippen molar-refractivity contribution >= 4 is 27.9 Å². The van der Waals surface area contributed by atoms with Crippen LogP contribution in [0.3, 0.4) is 0 Å². The Balaban J connectivity index is 2.01. The maximum absolute atomic E-state index is 12.7. The van der Waals surface area contributed by atoms with Crippen LogP contribution in [0.25, 0.3) is 0 Å². The highest BCUT2D eigenvalue weighted by atomic mass is 79.9. The maximum atomic E-state index is 12.7. The maximum Gasteiger partial charge on any atom is 0.410 e. The SMILES string of the molecule is COc1cc(C(=O)NC2CCCN(C(=O)OC(C)(C)C)CC2)cc(OC)c1Br. The lowest BCUT2D eigenvalue weighted by atomic mass is 10.1. The summed E-state index contributed by atoms with van der Waals surface area (Å²) in [5, 5.41) is 3.06. The van der Waals surface area contributed by atoms with E-state index in [-0.39, 0.29) is 18.0 Å². The fourth-order valence-electron chi connectivity index (χ4n) is 3.02. The van der Waals surface area contributed by atoms with Crippen LogP contribution < -0.4 is 14.8 Å². The number of benzene rings is 1. The summed E-state index contributed by atoms with van der Waals surface area (Å²) in [7, 11) is 3.08. The number of hydrogen-bond donors (Lipinski definition) is 1. The van der Waals surface area contributed by atoms with Crippen LogP contribution in [0.1, 0.15) is 50.4 Å². The Labute approximate surface area is 174 Å². The Hall–Kier alpha value is -1.96. The molecular formula is C20H29BrN2O5. The number of hydrogen-bond acceptors (Lipinski definition) is 5. The molecule has 2 rings (SSSR count). The summed E-state index contributed by atoms with van der Waals surface area (Å²) in [5.74, 6) is 0.864. The second kappa shape index (κ2) is 9.49. The van der Waals surface area contributed by atoms with Crippen molar-refractivity contribution < 1.29 is 23.8 Å². The number of methoxy groups -OCH3 is 2. The van der Waals surface area contributed by atoms with E-state index < -0.39 is 5.60 Å². The molecule has 1 atom stereocenters. The highest BCUT2D eigenvalue weighted by Crippen LogP contribution is 2.35. The Morgan fingerprint density at radius 3 is 2.25 bits per heavy atom. The third kappa shape index (κ3) is 6.02. The quantitative estimate of drug-likeness (QED) is 0.740. The molecule has 0 saturated carbocycles. The van der Waals surface area contributed by atoms with Crippen molar-refractivity contribution in [2.75, 3.05) is 27.3 Å². The molecule has 8 heteroatoms. The second-order valence-electron chi connectivity index (χ2n) is 7.76. The number of rotatable bonds is 4. The molecule has 0 radical (unpaired) electrons. The van der Waals surface area contributed by atoms with Crippen LogP contribution in [0.15, 0.2) is 16.6 Å². The molecule has 1 unspecified atom stereocenters. The van der Waals surface area contributed by atoms with E-state index in [1.807, 2.05) is 20.8 Å². The highest BCUT2D eigenvalue weighted by molar-refractivity contribution is 9.10. The van der Waals surface area contributed by atoms with Gasteiger partial charge in [-0.1, -0.05) is 0 Å². The Kier molecular flexibility index (Phi) is 7.57. The lowest BCUT2D eigenvalue weighted by Gasteiger charge is -2.26. The van der Waals surface area contributed by atoms with Crippen LogP contribution in [-0.2, 0) is 4.74 Å². The van der Waals surface area contributed by atoms with E-state index >= 15 is 0 Å². The van der Waals surface area contributed by atoms with Gasteiger partial charge in [-0.05, 0) is 68.1 Å². The molecule has 28 heavy (non-hydrogen) atoms. The minimum absolute atomic E-state index is 0.0134. The van der Waals surface area contributed by atoms with E-state index in [0.29, 0.717) is 41.0 Å². The van der Waals surface area contributed by atoms with Gasteiger partial charge in [-0.25, -0.2) is 4.79 Å². The van der Waals surface area contributed by atoms with Crippen molar-refractivity contribution in [3.63, 3.8) is 0 Å². The van der Waals surface area contributed by atoms with Crippen LogP contribution in [0.4, 0.5) is 4.79 Å². The molecule has 1 aromatic carbocycles. The zero-order chi connectivity index (χ0) is 20.9. The Bertz CT molecular complexity index is 692. The average molecular weight is 457 g/mol. The predicted molar refractivity (Wildman–Crippen MR) is 110 cm³/mol. The van der Waals surface area contributed by atoms with Gasteiger partial charge in [0.15, 0.2) is 0 Å². The highest BCUT2D eigenvalue weighted by Gasteiger charge is 2.26. The zero-order valence-corrected chi connectivity index (χ0v) is 18.7. The van der Waals surface area contributed by atoms with Crippen molar-refractivity contribution in [1.82, 2.24) is 10.2 Å². The van der Waals surface area contributed by atoms with Gasteiger partial charge < -0.3 is 24.4 Å². The molecule has 0 aliphatic carbocycles. The van der Waals surface area contributed by atoms with E-state index in [1.165, 1.54) is 14.2 Å². The van der Waals surface area contributed by atoms with Crippen LogP contribution >= 0.6 is 15.9 Å². The van der Waals surface area contributed by atoms with E-state index in [0.717, 1.165) is 12.8 Å². The third-order valence-electron chi connectivity index (χ3n) is 4.42. The molecule has 1 heterocycles. The molecule has 1 fully saturated rings. The number of halogens is 1. The number of likely N-dealkylation sites (tertiary alicyclic amines) is 1. The van der Waals surface area contributed by atoms with Gasteiger partial charge >= 0.3 is 6.09 Å². The average Bonchev–Trinajstić information content (AvgIpc) is 2.86. The molecule has 2 amide bonds. The number of carbonyl (C=O) groups excluding carboxylic acids is 2. The first-order chi connectivity index (χ1) is 13.1. The summed E-state index contributed by atoms with van der Waals surface area (Å²) in [6.07, 6.45) is 1.98. The van der Waals surface area contributed by atoms with Gasteiger partial charge in [-0.2, -0.15) is 0 Å². The van der Waals surface area contributed by atoms with E-state index in [4.69, 9.17) is 14.2 Å². The monoisotopic (exact) mass is 456 g/mol. The van der Waals surface area contributed by atoms with E-state index in [9.17, 15) is 9.59 Å². The molecule has 1 aliphatic heterocycles. The number of amides is 2. The standard InChI is InChI=1S/C20H29BrN2O5/c1-20(2,3)28-19(25)23-9-6-7-14(8-10-23)22-18(24)13-11-15(26-4)17(21)16(12-13)27-5/h11-12,14H,6-10H2,1-5H3,(H,22,24). The summed E-state index contributed by atoms with van der Waals surface area (Å²) in [6.45, 7) is 6.74. The number of carbonyl (C=O) groups is 2. The Morgan fingerprint density at radius 1 is 1.11 bits per heavy atom. The minimum Gasteiger partial charge on any atom is -0.495 e. The van der Waals surface area contributed by atoms with Gasteiger partial charge in [0, 0.05) is 24.7 Å². The van der Waals surface area contributed by atoms with Crippen LogP contribution in [0.5, 0.6) is 11.5 Å². The fourth-order valence-corrected chi connectivity index (χ4v) is 3.57. The summed E-state index contributed by atoms with van der Waals surface area (Å²) in [6, 6.07) is 3.33. The molecule has 1 aromatic rings. The zero-order valence-electron chi connectivity index (χ0n) is 17.1. The van der Waals surface area contributed by atoms with Gasteiger partial charge in [0.2, 0.25) is 0 Å². The number of nitrogens with one attached hydrogen (secondary N) is 1. The van der Waals surface area contributed by atoms with Gasteiger partial charge in [-0.3, -0.25) is 4.79 Å². The van der Waals surface area contributed by atoms with Crippen LogP contribution in [0.2, 0.25) is 0 Å². The van der Waals surface area contributed by atoms with Crippen molar-refractivity contribution in [1.29, 1.82) is 0 Å². The summed E-state index contributed by atoms with van der Waals surface area (Å²) in [5.41, 5.74) is -0.0541. The van der Waals surface area contributed by atoms with Crippen molar-refractivity contribution in [3.8, 4) is 11.5 Å². The molecule has 1 N–H and O–H groups in total. The molecule has 0 aromatic heterocycles. The first kappa shape index (κ1) is 22.3. The van der Waals surface area contributed by atoms with Crippen molar-refractivity contribution in [2.24, 2.45) is 0 Å². The van der Waals surface area contributed by atoms with Crippen molar-refractivity contribution in [2.45, 2.75) is 51.7 Å². The topological polar surface area (TPSA) is 77.1 Å². The number of ether oxygens (including phenoxy) is 3. The summed E-state index contributed by atoms with van der Waals surface area (Å²) in [4.78, 5) is 26.7. The smallest absolute Gasteiger partial charge is 0.410 e. The van der Waals surface area contributed by atoms with E-state index in [2.05, 4.69) is 21.2 Å². The molecular weight excluding hydrogens is 428 g/mol. The molecule has 1 saturated heterocycles. The molecule has 1 aliphatic rings. The number of nitrogens with zero attached hydrogens (tertiary/aromatic N) is 1. The predicted octanol–water partition coefficient (Wildman–Crippen LogP) is 3.99. The van der Waals surface area contributed by atoms with Gasteiger partial charge in [0.25, 0.3) is 5.91 Å². The van der Waals surface area contributed by atoms with Gasteiger partial charge in [0.1, 0.15) is 21.6 Å². The minimum atomic E-state index is -0.517.